The molecule has 0 unspecified atom stereocenters. The van der Waals surface area contributed by atoms with E-state index in [1.807, 2.05) is 30.3 Å². The highest BCUT2D eigenvalue weighted by Gasteiger charge is 2.23. The van der Waals surface area contributed by atoms with Gasteiger partial charge in [-0.15, -0.1) is 0 Å². The van der Waals surface area contributed by atoms with Crippen molar-refractivity contribution in [3.05, 3.63) is 35.9 Å². The average molecular weight is 248 g/mol. The maximum atomic E-state index is 11.3. The van der Waals surface area contributed by atoms with Gasteiger partial charge in [-0.3, -0.25) is 4.79 Å². The number of hydrogen-bond acceptors (Lipinski definition) is 3. The van der Waals surface area contributed by atoms with E-state index in [0.717, 1.165) is 18.7 Å². The number of amides is 2. The van der Waals surface area contributed by atoms with Crippen LogP contribution < -0.4 is 5.32 Å². The first-order chi connectivity index (χ1) is 8.75. The summed E-state index contributed by atoms with van der Waals surface area (Å²) in [5.74, 6) is 0.0818. The minimum Gasteiger partial charge on any atom is -0.445 e. The molecule has 1 aromatic rings. The summed E-state index contributed by atoms with van der Waals surface area (Å²) in [6.07, 6.45) is -0.155. The standard InChI is InChI=1S/C13H16N2O3/c16-12(15-8-9-15)6-7-14-13(17)18-10-11-4-2-1-3-5-11/h1-5H,6-10H2,(H,14,17). The summed E-state index contributed by atoms with van der Waals surface area (Å²) in [6, 6.07) is 9.45. The first-order valence-electron chi connectivity index (χ1n) is 5.98. The third-order valence-corrected chi connectivity index (χ3v) is 2.62. The Bertz CT molecular complexity index is 416. The van der Waals surface area contributed by atoms with Gasteiger partial charge in [-0.25, -0.2) is 4.79 Å². The predicted molar refractivity (Wildman–Crippen MR) is 65.8 cm³/mol. The molecule has 0 atom stereocenters. The molecule has 0 spiro atoms. The largest absolute Gasteiger partial charge is 0.445 e. The molecule has 1 aliphatic rings. The van der Waals surface area contributed by atoms with E-state index in [2.05, 4.69) is 5.32 Å². The number of carbonyl (C=O) groups excluding carboxylic acids is 2. The Morgan fingerprint density at radius 2 is 1.94 bits per heavy atom. The Morgan fingerprint density at radius 3 is 2.61 bits per heavy atom. The summed E-state index contributed by atoms with van der Waals surface area (Å²) < 4.78 is 5.01. The Hall–Kier alpha value is -2.04. The number of benzene rings is 1. The van der Waals surface area contributed by atoms with Gasteiger partial charge in [-0.2, -0.15) is 0 Å². The lowest BCUT2D eigenvalue weighted by atomic mass is 10.2. The van der Waals surface area contributed by atoms with Crippen LogP contribution in [0.1, 0.15) is 12.0 Å². The monoisotopic (exact) mass is 248 g/mol. The van der Waals surface area contributed by atoms with Gasteiger partial charge in [0.25, 0.3) is 0 Å². The molecule has 0 aromatic heterocycles. The van der Waals surface area contributed by atoms with Crippen molar-refractivity contribution in [2.45, 2.75) is 13.0 Å². The molecule has 1 saturated heterocycles. The fraction of sp³-hybridized carbons (Fsp3) is 0.385. The number of nitrogens with one attached hydrogen (secondary N) is 1. The van der Waals surface area contributed by atoms with E-state index in [1.165, 1.54) is 0 Å². The summed E-state index contributed by atoms with van der Waals surface area (Å²) in [6.45, 7) is 2.25. The van der Waals surface area contributed by atoms with Crippen molar-refractivity contribution in [3.8, 4) is 0 Å². The first-order valence-corrected chi connectivity index (χ1v) is 5.98. The Morgan fingerprint density at radius 1 is 1.22 bits per heavy atom. The van der Waals surface area contributed by atoms with Gasteiger partial charge in [0.05, 0.1) is 0 Å². The lowest BCUT2D eigenvalue weighted by Gasteiger charge is -2.07. The fourth-order valence-corrected chi connectivity index (χ4v) is 1.50. The van der Waals surface area contributed by atoms with Crippen LogP contribution in [0.15, 0.2) is 30.3 Å². The maximum Gasteiger partial charge on any atom is 0.407 e. The van der Waals surface area contributed by atoms with E-state index in [4.69, 9.17) is 4.74 Å². The number of ether oxygens (including phenoxy) is 1. The first kappa shape index (κ1) is 12.4. The number of carbonyl (C=O) groups is 2. The molecule has 1 aromatic carbocycles. The molecule has 1 fully saturated rings. The van der Waals surface area contributed by atoms with Crippen molar-refractivity contribution in [2.24, 2.45) is 0 Å². The van der Waals surface area contributed by atoms with E-state index >= 15 is 0 Å². The van der Waals surface area contributed by atoms with E-state index < -0.39 is 6.09 Å². The molecular formula is C13H16N2O3. The maximum absolute atomic E-state index is 11.3. The number of nitrogens with zero attached hydrogens (tertiary/aromatic N) is 1. The smallest absolute Gasteiger partial charge is 0.407 e. The van der Waals surface area contributed by atoms with Crippen LogP contribution in [-0.2, 0) is 16.1 Å². The molecule has 1 aliphatic heterocycles. The molecule has 96 valence electrons. The van der Waals surface area contributed by atoms with Crippen molar-refractivity contribution in [1.29, 1.82) is 0 Å². The van der Waals surface area contributed by atoms with Gasteiger partial charge in [0, 0.05) is 26.1 Å². The Labute approximate surface area is 106 Å². The van der Waals surface area contributed by atoms with Gasteiger partial charge in [0.2, 0.25) is 5.91 Å². The minimum atomic E-state index is -0.488. The SMILES string of the molecule is O=C(NCCC(=O)N1CC1)OCc1ccccc1. The van der Waals surface area contributed by atoms with Gasteiger partial charge in [-0.1, -0.05) is 30.3 Å². The van der Waals surface area contributed by atoms with Crippen LogP contribution in [0.3, 0.4) is 0 Å². The molecule has 0 bridgehead atoms. The van der Waals surface area contributed by atoms with E-state index in [1.54, 1.807) is 4.90 Å². The highest BCUT2D eigenvalue weighted by molar-refractivity contribution is 5.79. The van der Waals surface area contributed by atoms with Crippen molar-refractivity contribution in [3.63, 3.8) is 0 Å². The molecule has 2 rings (SSSR count). The van der Waals surface area contributed by atoms with Crippen LogP contribution in [0.25, 0.3) is 0 Å². The number of alkyl carbamates (subject to hydrolysis) is 1. The van der Waals surface area contributed by atoms with E-state index in [0.29, 0.717) is 13.0 Å². The molecule has 18 heavy (non-hydrogen) atoms. The topological polar surface area (TPSA) is 58.4 Å². The highest BCUT2D eigenvalue weighted by Crippen LogP contribution is 2.05. The summed E-state index contributed by atoms with van der Waals surface area (Å²) in [5.41, 5.74) is 0.938. The van der Waals surface area contributed by atoms with Gasteiger partial charge >= 0.3 is 6.09 Å². The third-order valence-electron chi connectivity index (χ3n) is 2.62. The second-order valence-corrected chi connectivity index (χ2v) is 4.12. The second-order valence-electron chi connectivity index (χ2n) is 4.12. The van der Waals surface area contributed by atoms with Crippen LogP contribution in [0.5, 0.6) is 0 Å². The van der Waals surface area contributed by atoms with Gasteiger partial charge in [0.1, 0.15) is 6.61 Å². The van der Waals surface area contributed by atoms with E-state index in [9.17, 15) is 9.59 Å². The van der Waals surface area contributed by atoms with Crippen LogP contribution in [0.4, 0.5) is 4.79 Å². The van der Waals surface area contributed by atoms with Crippen molar-refractivity contribution < 1.29 is 14.3 Å². The van der Waals surface area contributed by atoms with Gasteiger partial charge < -0.3 is 15.0 Å². The zero-order valence-electron chi connectivity index (χ0n) is 10.1. The van der Waals surface area contributed by atoms with Crippen LogP contribution in [0.2, 0.25) is 0 Å². The lowest BCUT2D eigenvalue weighted by molar-refractivity contribution is -0.125. The van der Waals surface area contributed by atoms with Gasteiger partial charge in [0.15, 0.2) is 0 Å². The van der Waals surface area contributed by atoms with E-state index in [-0.39, 0.29) is 12.5 Å². The molecular weight excluding hydrogens is 232 g/mol. The number of hydrogen-bond donors (Lipinski definition) is 1. The number of rotatable bonds is 5. The van der Waals surface area contributed by atoms with Crippen molar-refractivity contribution >= 4 is 12.0 Å². The molecule has 0 saturated carbocycles. The van der Waals surface area contributed by atoms with Crippen LogP contribution in [0, 0.1) is 0 Å². The van der Waals surface area contributed by atoms with Crippen LogP contribution >= 0.6 is 0 Å². The summed E-state index contributed by atoms with van der Waals surface area (Å²) in [5, 5.41) is 2.56. The van der Waals surface area contributed by atoms with Crippen molar-refractivity contribution in [2.75, 3.05) is 19.6 Å². The second kappa shape index (κ2) is 6.05. The third kappa shape index (κ3) is 4.08. The molecule has 5 nitrogen and oxygen atoms in total. The molecule has 2 amide bonds. The highest BCUT2D eigenvalue weighted by atomic mass is 16.5. The zero-order chi connectivity index (χ0) is 12.8. The quantitative estimate of drug-likeness (QED) is 0.795. The minimum absolute atomic E-state index is 0.0818. The zero-order valence-corrected chi connectivity index (χ0v) is 10.1. The molecule has 5 heteroatoms. The normalized spacial score (nSPS) is 13.0. The molecule has 0 aliphatic carbocycles. The molecule has 1 N–H and O–H groups in total. The van der Waals surface area contributed by atoms with Crippen LogP contribution in [-0.4, -0.2) is 36.5 Å². The predicted octanol–water partition coefficient (Wildman–Crippen LogP) is 1.15. The summed E-state index contributed by atoms with van der Waals surface area (Å²) >= 11 is 0. The molecule has 1 heterocycles. The molecule has 0 radical (unpaired) electrons. The summed E-state index contributed by atoms with van der Waals surface area (Å²) in [7, 11) is 0. The summed E-state index contributed by atoms with van der Waals surface area (Å²) in [4.78, 5) is 24.4. The van der Waals surface area contributed by atoms with Crippen molar-refractivity contribution in [1.82, 2.24) is 10.2 Å². The Balaban J connectivity index is 1.59. The Kier molecular flexibility index (Phi) is 4.17. The fourth-order valence-electron chi connectivity index (χ4n) is 1.50. The lowest BCUT2D eigenvalue weighted by Crippen LogP contribution is -2.28. The average Bonchev–Trinajstić information content (AvgIpc) is 3.22. The van der Waals surface area contributed by atoms with Gasteiger partial charge in [-0.05, 0) is 5.56 Å².